The predicted octanol–water partition coefficient (Wildman–Crippen LogP) is 10.3. The van der Waals surface area contributed by atoms with Crippen molar-refractivity contribution in [1.82, 2.24) is 0 Å². The molecule has 0 aromatic carbocycles. The Bertz CT molecular complexity index is 244. The summed E-state index contributed by atoms with van der Waals surface area (Å²) in [6, 6.07) is 0. The summed E-state index contributed by atoms with van der Waals surface area (Å²) in [5.74, 6) is 0. The zero-order valence-corrected chi connectivity index (χ0v) is 27.5. The molecule has 0 spiro atoms. The van der Waals surface area contributed by atoms with E-state index in [1.165, 1.54) is 103 Å². The van der Waals surface area contributed by atoms with Crippen LogP contribution in [0.5, 0.6) is 0 Å². The van der Waals surface area contributed by atoms with Gasteiger partial charge in [0.05, 0.1) is 0 Å². The van der Waals surface area contributed by atoms with Gasteiger partial charge in [0.2, 0.25) is 0 Å². The van der Waals surface area contributed by atoms with Crippen LogP contribution in [0.25, 0.3) is 0 Å². The van der Waals surface area contributed by atoms with Crippen LogP contribution in [0.3, 0.4) is 0 Å². The van der Waals surface area contributed by atoms with Gasteiger partial charge in [-0.1, -0.05) is 0 Å². The van der Waals surface area contributed by atoms with Crippen molar-refractivity contribution in [2.45, 2.75) is 145 Å². The second kappa shape index (κ2) is 24.8. The van der Waals surface area contributed by atoms with Crippen LogP contribution in [0.1, 0.15) is 119 Å². The van der Waals surface area contributed by atoms with Gasteiger partial charge in [0.1, 0.15) is 0 Å². The molecule has 0 aliphatic carbocycles. The molecule has 0 saturated heterocycles. The van der Waals surface area contributed by atoms with E-state index in [9.17, 15) is 0 Å². The fraction of sp³-hybridized carbons (Fsp3) is 1.00. The zero-order valence-electron chi connectivity index (χ0n) is 20.9. The molecule has 0 heterocycles. The summed E-state index contributed by atoms with van der Waals surface area (Å²) in [7, 11) is 13.8. The molecular formula is C24H56Cl2OSb2. The molecule has 0 aromatic heterocycles. The molecule has 0 amide bonds. The molecule has 5 heteroatoms. The van der Waals surface area contributed by atoms with Crippen molar-refractivity contribution in [3.8, 4) is 0 Å². The van der Waals surface area contributed by atoms with Gasteiger partial charge in [-0.2, -0.15) is 0 Å². The second-order valence-corrected chi connectivity index (χ2v) is 37.6. The summed E-state index contributed by atoms with van der Waals surface area (Å²) in [6.07, 6.45) is 16.2. The summed E-state index contributed by atoms with van der Waals surface area (Å²) in [5.41, 5.74) is 0. The fourth-order valence-corrected chi connectivity index (χ4v) is 27.1. The molecule has 182 valence electrons. The summed E-state index contributed by atoms with van der Waals surface area (Å²) in [4.78, 5) is 0. The summed E-state index contributed by atoms with van der Waals surface area (Å²) in [6.45, 7) is 13.7. The first kappa shape index (κ1) is 35.8. The summed E-state index contributed by atoms with van der Waals surface area (Å²) < 4.78 is 8.48. The SMILES string of the molecule is CCC[CH2][Sb]([Cl])([CH2]CCC)[CH2]CCC.CCC[CH2][Sb]([Cl])([CH2]CCC)[CH2]CCC.O. The maximum atomic E-state index is 6.88. The summed E-state index contributed by atoms with van der Waals surface area (Å²) >= 11 is -3.97. The minimum absolute atomic E-state index is 0. The monoisotopic (exact) mass is 672 g/mol. The quantitative estimate of drug-likeness (QED) is 0.130. The molecular weight excluding hydrogens is 619 g/mol. The molecule has 0 rings (SSSR count). The molecule has 0 fully saturated rings. The average molecular weight is 675 g/mol. The number of rotatable bonds is 18. The molecule has 0 aliphatic rings. The van der Waals surface area contributed by atoms with Gasteiger partial charge in [0.15, 0.2) is 0 Å². The maximum absolute atomic E-state index is 6.88. The van der Waals surface area contributed by atoms with Crippen molar-refractivity contribution in [2.75, 3.05) is 0 Å². The van der Waals surface area contributed by atoms with Gasteiger partial charge in [-0.05, 0) is 0 Å². The second-order valence-electron chi connectivity index (χ2n) is 8.52. The molecule has 0 aromatic rings. The Kier molecular flexibility index (Phi) is 30.6. The van der Waals surface area contributed by atoms with E-state index in [2.05, 4.69) is 41.5 Å². The Balaban J connectivity index is -0.000000451. The number of halogens is 2. The third-order valence-electron chi connectivity index (χ3n) is 5.47. The molecule has 1 nitrogen and oxygen atoms in total. The van der Waals surface area contributed by atoms with Gasteiger partial charge < -0.3 is 5.48 Å². The van der Waals surface area contributed by atoms with Crippen LogP contribution in [0.15, 0.2) is 0 Å². The molecule has 0 saturated carbocycles. The van der Waals surface area contributed by atoms with E-state index in [1.807, 2.05) is 0 Å². The standard InChI is InChI=1S/6C4H9.2ClH.H2O.2Sb/c6*1-3-4-2;;;;;/h6*1,3-4H2,2H3;2*1H;1H2;;/q;;;;;;;;;2*+1/p-2. The van der Waals surface area contributed by atoms with Gasteiger partial charge in [-0.15, -0.1) is 0 Å². The molecule has 0 bridgehead atoms. The molecule has 29 heavy (non-hydrogen) atoms. The Hall–Kier alpha value is 2.18. The Morgan fingerprint density at radius 3 is 0.621 bits per heavy atom. The Morgan fingerprint density at radius 1 is 0.379 bits per heavy atom. The zero-order chi connectivity index (χ0) is 21.7. The largest absolute Gasteiger partial charge is 0.412 e. The first-order valence-corrected chi connectivity index (χ1v) is 29.8. The van der Waals surface area contributed by atoms with E-state index in [-0.39, 0.29) is 5.48 Å². The minimum Gasteiger partial charge on any atom is -0.412 e. The third-order valence-corrected chi connectivity index (χ3v) is 31.4. The van der Waals surface area contributed by atoms with Crippen LogP contribution in [-0.4, -0.2) is 40.8 Å². The van der Waals surface area contributed by atoms with E-state index in [4.69, 9.17) is 17.7 Å². The van der Waals surface area contributed by atoms with E-state index >= 15 is 0 Å². The predicted molar refractivity (Wildman–Crippen MR) is 145 cm³/mol. The number of unbranched alkanes of at least 4 members (excludes halogenated alkanes) is 6. The minimum atomic E-state index is -1.99. The Labute approximate surface area is 201 Å². The summed E-state index contributed by atoms with van der Waals surface area (Å²) in [5, 5.41) is 0. The van der Waals surface area contributed by atoms with Crippen LogP contribution in [0, 0.1) is 0 Å². The van der Waals surface area contributed by atoms with Crippen LogP contribution in [-0.2, 0) is 0 Å². The molecule has 0 aliphatic heterocycles. The smallest absolute Gasteiger partial charge is 0.412 e. The van der Waals surface area contributed by atoms with Crippen molar-refractivity contribution in [3.63, 3.8) is 0 Å². The Morgan fingerprint density at radius 2 is 0.517 bits per heavy atom. The van der Waals surface area contributed by atoms with E-state index in [0.717, 1.165) is 0 Å². The molecule has 2 N–H and O–H groups in total. The van der Waals surface area contributed by atoms with Crippen LogP contribution >= 0.6 is 17.7 Å². The first-order chi connectivity index (χ1) is 13.4. The van der Waals surface area contributed by atoms with Crippen LogP contribution in [0.2, 0.25) is 26.2 Å². The number of hydrogen-bond donors (Lipinski definition) is 0. The fourth-order valence-electron chi connectivity index (χ4n) is 3.32. The first-order valence-electron chi connectivity index (χ1n) is 12.5. The molecule has 2 radical (unpaired) electrons. The van der Waals surface area contributed by atoms with Gasteiger partial charge in [0.25, 0.3) is 0 Å². The van der Waals surface area contributed by atoms with E-state index < -0.39 is 35.3 Å². The van der Waals surface area contributed by atoms with Crippen LogP contribution in [0.4, 0.5) is 0 Å². The van der Waals surface area contributed by atoms with Crippen molar-refractivity contribution in [2.24, 2.45) is 0 Å². The van der Waals surface area contributed by atoms with Crippen molar-refractivity contribution in [3.05, 3.63) is 0 Å². The third kappa shape index (κ3) is 23.1. The maximum Gasteiger partial charge on any atom is -0.412 e. The van der Waals surface area contributed by atoms with Gasteiger partial charge in [0, 0.05) is 0 Å². The molecule has 0 unspecified atom stereocenters. The van der Waals surface area contributed by atoms with Crippen molar-refractivity contribution in [1.29, 1.82) is 0 Å². The van der Waals surface area contributed by atoms with E-state index in [1.54, 1.807) is 0 Å². The van der Waals surface area contributed by atoms with Gasteiger partial charge >= 0.3 is 198 Å². The van der Waals surface area contributed by atoms with Crippen LogP contribution < -0.4 is 0 Å². The number of hydrogen-bond acceptors (Lipinski definition) is 0. The van der Waals surface area contributed by atoms with Crippen molar-refractivity contribution < 1.29 is 5.48 Å². The normalized spacial score (nSPS) is 11.6. The average Bonchev–Trinajstić information content (AvgIpc) is 2.71. The molecule has 0 atom stereocenters. The topological polar surface area (TPSA) is 31.5 Å². The van der Waals surface area contributed by atoms with Crippen molar-refractivity contribution >= 4 is 53.0 Å². The van der Waals surface area contributed by atoms with Gasteiger partial charge in [-0.3, -0.25) is 0 Å². The van der Waals surface area contributed by atoms with E-state index in [0.29, 0.717) is 0 Å². The van der Waals surface area contributed by atoms with Gasteiger partial charge in [-0.25, -0.2) is 0 Å².